The summed E-state index contributed by atoms with van der Waals surface area (Å²) in [4.78, 5) is 14.8. The summed E-state index contributed by atoms with van der Waals surface area (Å²) in [6.07, 6.45) is -0.643. The van der Waals surface area contributed by atoms with Crippen molar-refractivity contribution in [1.82, 2.24) is 19.5 Å². The van der Waals surface area contributed by atoms with Crippen molar-refractivity contribution in [3.8, 4) is 0 Å². The quantitative estimate of drug-likeness (QED) is 0.677. The zero-order chi connectivity index (χ0) is 19.9. The molecule has 3 atom stereocenters. The Morgan fingerprint density at radius 1 is 1.30 bits per heavy atom. The number of carbonyl (C=O) groups is 1. The number of alkyl halides is 3. The van der Waals surface area contributed by atoms with Crippen molar-refractivity contribution in [3.05, 3.63) is 22.8 Å². The van der Waals surface area contributed by atoms with Crippen molar-refractivity contribution in [3.63, 3.8) is 0 Å². The Morgan fingerprint density at radius 2 is 1.93 bits per heavy atom. The standard InChI is InChI=1S/C17H20ClF3N4OS/c1-9-5-4-6-10(2)25(9)15(26)11(3)27-16-23-22-14-13(18)7-12(8-24(14)16)17(19,20)21/h7-11H,4-6H2,1-3H3/t9-,10-,11+/m1/s1. The molecular weight excluding hydrogens is 401 g/mol. The summed E-state index contributed by atoms with van der Waals surface area (Å²) in [5, 5.41) is 7.36. The molecule has 3 heterocycles. The van der Waals surface area contributed by atoms with Crippen molar-refractivity contribution in [2.75, 3.05) is 0 Å². The molecule has 5 nitrogen and oxygen atoms in total. The van der Waals surface area contributed by atoms with Crippen molar-refractivity contribution in [2.24, 2.45) is 0 Å². The van der Waals surface area contributed by atoms with Crippen LogP contribution in [0.2, 0.25) is 5.02 Å². The predicted octanol–water partition coefficient (Wildman–Crippen LogP) is 4.67. The number of piperidine rings is 1. The van der Waals surface area contributed by atoms with Gasteiger partial charge in [-0.15, -0.1) is 10.2 Å². The highest BCUT2D eigenvalue weighted by molar-refractivity contribution is 8.00. The number of pyridine rings is 1. The Labute approximate surface area is 164 Å². The van der Waals surface area contributed by atoms with Crippen LogP contribution in [0.15, 0.2) is 17.4 Å². The zero-order valence-electron chi connectivity index (χ0n) is 15.1. The van der Waals surface area contributed by atoms with Crippen LogP contribution < -0.4 is 0 Å². The molecule has 0 saturated carbocycles. The van der Waals surface area contributed by atoms with Crippen molar-refractivity contribution in [1.29, 1.82) is 0 Å². The normalized spacial score (nSPS) is 22.3. The number of hydrogen-bond donors (Lipinski definition) is 0. The van der Waals surface area contributed by atoms with E-state index in [1.165, 1.54) is 4.40 Å². The molecule has 1 amide bonds. The number of aromatic nitrogens is 3. The lowest BCUT2D eigenvalue weighted by atomic mass is 9.97. The molecule has 1 aliphatic rings. The van der Waals surface area contributed by atoms with Gasteiger partial charge >= 0.3 is 6.18 Å². The summed E-state index contributed by atoms with van der Waals surface area (Å²) in [6, 6.07) is 1.11. The lowest BCUT2D eigenvalue weighted by Crippen LogP contribution is -2.50. The van der Waals surface area contributed by atoms with E-state index in [0.29, 0.717) is 0 Å². The molecule has 10 heteroatoms. The molecule has 1 saturated heterocycles. The van der Waals surface area contributed by atoms with E-state index in [2.05, 4.69) is 10.2 Å². The van der Waals surface area contributed by atoms with Gasteiger partial charge in [-0.3, -0.25) is 9.20 Å². The predicted molar refractivity (Wildman–Crippen MR) is 97.9 cm³/mol. The average molecular weight is 421 g/mol. The molecule has 0 unspecified atom stereocenters. The molecular formula is C17H20ClF3N4OS. The molecule has 0 radical (unpaired) electrons. The minimum absolute atomic E-state index is 0.0467. The molecule has 0 aromatic carbocycles. The lowest BCUT2D eigenvalue weighted by molar-refractivity contribution is -0.138. The Hall–Kier alpha value is -1.48. The van der Waals surface area contributed by atoms with Crippen LogP contribution in [-0.4, -0.2) is 42.7 Å². The third-order valence-corrected chi connectivity index (χ3v) is 6.16. The number of thioether (sulfide) groups is 1. The fourth-order valence-corrected chi connectivity index (χ4v) is 4.57. The maximum Gasteiger partial charge on any atom is 0.417 e. The summed E-state index contributed by atoms with van der Waals surface area (Å²) >= 11 is 7.02. The van der Waals surface area contributed by atoms with Gasteiger partial charge < -0.3 is 4.90 Å². The van der Waals surface area contributed by atoms with Gasteiger partial charge in [-0.1, -0.05) is 23.4 Å². The van der Waals surface area contributed by atoms with Crippen LogP contribution in [0.1, 0.15) is 45.6 Å². The SMILES string of the molecule is C[C@H](Sc1nnc2c(Cl)cc(C(F)(F)F)cn12)C(=O)N1[C@H](C)CCC[C@H]1C. The van der Waals surface area contributed by atoms with E-state index in [4.69, 9.17) is 11.6 Å². The van der Waals surface area contributed by atoms with Crippen molar-refractivity contribution < 1.29 is 18.0 Å². The van der Waals surface area contributed by atoms with Gasteiger partial charge in [0.1, 0.15) is 0 Å². The summed E-state index contributed by atoms with van der Waals surface area (Å²) < 4.78 is 40.4. The molecule has 1 fully saturated rings. The third kappa shape index (κ3) is 4.03. The Kier molecular flexibility index (Phi) is 5.63. The summed E-state index contributed by atoms with van der Waals surface area (Å²) in [5.41, 5.74) is -0.759. The van der Waals surface area contributed by atoms with Gasteiger partial charge in [-0.25, -0.2) is 0 Å². The van der Waals surface area contributed by atoms with E-state index in [1.54, 1.807) is 6.92 Å². The first-order chi connectivity index (χ1) is 12.6. The molecule has 148 valence electrons. The second kappa shape index (κ2) is 7.50. The van der Waals surface area contributed by atoms with Gasteiger partial charge in [0.05, 0.1) is 15.8 Å². The molecule has 0 bridgehead atoms. The Bertz CT molecular complexity index is 847. The van der Waals surface area contributed by atoms with Gasteiger partial charge in [0.2, 0.25) is 5.91 Å². The zero-order valence-corrected chi connectivity index (χ0v) is 16.7. The van der Waals surface area contributed by atoms with Crippen LogP contribution in [0.4, 0.5) is 13.2 Å². The second-order valence-corrected chi connectivity index (χ2v) is 8.60. The minimum atomic E-state index is -4.54. The fraction of sp³-hybridized carbons (Fsp3) is 0.588. The number of carbonyl (C=O) groups excluding carboxylic acids is 1. The monoisotopic (exact) mass is 420 g/mol. The van der Waals surface area contributed by atoms with Crippen molar-refractivity contribution >= 4 is 34.9 Å². The van der Waals surface area contributed by atoms with Crippen LogP contribution in [0.25, 0.3) is 5.65 Å². The largest absolute Gasteiger partial charge is 0.417 e. The van der Waals surface area contributed by atoms with E-state index in [-0.39, 0.29) is 33.8 Å². The van der Waals surface area contributed by atoms with Crippen LogP contribution in [-0.2, 0) is 11.0 Å². The van der Waals surface area contributed by atoms with E-state index in [1.807, 2.05) is 18.7 Å². The highest BCUT2D eigenvalue weighted by atomic mass is 35.5. The Morgan fingerprint density at radius 3 is 2.52 bits per heavy atom. The van der Waals surface area contributed by atoms with Crippen LogP contribution in [0, 0.1) is 0 Å². The first-order valence-electron chi connectivity index (χ1n) is 8.70. The molecule has 3 rings (SSSR count). The number of amides is 1. The molecule has 0 N–H and O–H groups in total. The maximum atomic E-state index is 13.1. The highest BCUT2D eigenvalue weighted by Gasteiger charge is 2.34. The summed E-state index contributed by atoms with van der Waals surface area (Å²) in [6.45, 7) is 5.77. The third-order valence-electron chi connectivity index (χ3n) is 4.83. The number of rotatable bonds is 3. The van der Waals surface area contributed by atoms with Gasteiger partial charge in [0.25, 0.3) is 0 Å². The van der Waals surface area contributed by atoms with E-state index in [0.717, 1.165) is 43.3 Å². The van der Waals surface area contributed by atoms with Gasteiger partial charge in [0, 0.05) is 18.3 Å². The van der Waals surface area contributed by atoms with E-state index < -0.39 is 17.0 Å². The minimum Gasteiger partial charge on any atom is -0.336 e. The molecule has 0 aliphatic carbocycles. The smallest absolute Gasteiger partial charge is 0.336 e. The van der Waals surface area contributed by atoms with E-state index in [9.17, 15) is 18.0 Å². The number of fused-ring (bicyclic) bond motifs is 1. The first kappa shape index (κ1) is 20.3. The fourth-order valence-electron chi connectivity index (χ4n) is 3.44. The van der Waals surface area contributed by atoms with Gasteiger partial charge in [-0.05, 0) is 46.1 Å². The summed E-state index contributed by atoms with van der Waals surface area (Å²) in [5.74, 6) is -0.0467. The summed E-state index contributed by atoms with van der Waals surface area (Å²) in [7, 11) is 0. The lowest BCUT2D eigenvalue weighted by Gasteiger charge is -2.40. The van der Waals surface area contributed by atoms with Gasteiger partial charge in [0.15, 0.2) is 10.8 Å². The Balaban J connectivity index is 1.87. The topological polar surface area (TPSA) is 50.5 Å². The molecule has 0 spiro atoms. The molecule has 2 aromatic rings. The average Bonchev–Trinajstić information content (AvgIpc) is 2.97. The van der Waals surface area contributed by atoms with Crippen LogP contribution >= 0.6 is 23.4 Å². The number of halogens is 4. The number of hydrogen-bond acceptors (Lipinski definition) is 4. The first-order valence-corrected chi connectivity index (χ1v) is 9.95. The molecule has 27 heavy (non-hydrogen) atoms. The molecule has 1 aliphatic heterocycles. The van der Waals surface area contributed by atoms with Crippen LogP contribution in [0.3, 0.4) is 0 Å². The number of likely N-dealkylation sites (tertiary alicyclic amines) is 1. The number of nitrogens with zero attached hydrogens (tertiary/aromatic N) is 4. The van der Waals surface area contributed by atoms with Crippen molar-refractivity contribution in [2.45, 2.75) is 68.7 Å². The maximum absolute atomic E-state index is 13.1. The second-order valence-electron chi connectivity index (χ2n) is 6.89. The van der Waals surface area contributed by atoms with E-state index >= 15 is 0 Å². The highest BCUT2D eigenvalue weighted by Crippen LogP contribution is 2.34. The molecule has 2 aromatic heterocycles. The van der Waals surface area contributed by atoms with Crippen LogP contribution in [0.5, 0.6) is 0 Å². The van der Waals surface area contributed by atoms with Gasteiger partial charge in [-0.2, -0.15) is 13.2 Å².